The summed E-state index contributed by atoms with van der Waals surface area (Å²) in [6.07, 6.45) is 4.61. The minimum Gasteiger partial charge on any atom is -0.397 e. The smallest absolute Gasteiger partial charge is 0.238 e. The van der Waals surface area contributed by atoms with Crippen LogP contribution >= 0.6 is 0 Å². The Morgan fingerprint density at radius 1 is 1.37 bits per heavy atom. The second kappa shape index (κ2) is 5.38. The Labute approximate surface area is 114 Å². The molecular formula is C13H21N3O2S. The Morgan fingerprint density at radius 2 is 2.11 bits per heavy atom. The van der Waals surface area contributed by atoms with Gasteiger partial charge in [0, 0.05) is 12.6 Å². The van der Waals surface area contributed by atoms with E-state index in [4.69, 9.17) is 10.9 Å². The summed E-state index contributed by atoms with van der Waals surface area (Å²) in [5, 5.41) is 5.11. The molecule has 1 aromatic rings. The molecule has 0 aromatic heterocycles. The summed E-state index contributed by atoms with van der Waals surface area (Å²) in [4.78, 5) is 2.35. The Hall–Kier alpha value is -1.27. The largest absolute Gasteiger partial charge is 0.397 e. The summed E-state index contributed by atoms with van der Waals surface area (Å²) >= 11 is 0. The monoisotopic (exact) mass is 283 g/mol. The van der Waals surface area contributed by atoms with Crippen LogP contribution in [-0.2, 0) is 10.0 Å². The zero-order valence-electron chi connectivity index (χ0n) is 11.2. The summed E-state index contributed by atoms with van der Waals surface area (Å²) in [6.45, 7) is 3.13. The maximum Gasteiger partial charge on any atom is 0.238 e. The third-order valence-corrected chi connectivity index (χ3v) is 4.65. The Morgan fingerprint density at radius 3 is 2.68 bits per heavy atom. The molecule has 1 atom stereocenters. The topological polar surface area (TPSA) is 89.4 Å². The number of primary sulfonamides is 1. The average Bonchev–Trinajstić information content (AvgIpc) is 2.37. The zero-order chi connectivity index (χ0) is 14.0. The predicted molar refractivity (Wildman–Crippen MR) is 77.5 cm³/mol. The molecule has 4 N–H and O–H groups in total. The molecule has 1 unspecified atom stereocenters. The van der Waals surface area contributed by atoms with Gasteiger partial charge in [-0.3, -0.25) is 0 Å². The molecule has 5 nitrogen and oxygen atoms in total. The summed E-state index contributed by atoms with van der Waals surface area (Å²) in [7, 11) is -3.69. The van der Waals surface area contributed by atoms with Gasteiger partial charge in [-0.1, -0.05) is 6.92 Å². The molecule has 6 heteroatoms. The number of benzene rings is 1. The molecule has 1 fully saturated rings. The second-order valence-corrected chi connectivity index (χ2v) is 6.58. The molecule has 0 aliphatic carbocycles. The molecule has 19 heavy (non-hydrogen) atoms. The highest BCUT2D eigenvalue weighted by Gasteiger charge is 2.23. The van der Waals surface area contributed by atoms with Gasteiger partial charge in [0.25, 0.3) is 0 Å². The van der Waals surface area contributed by atoms with Gasteiger partial charge in [0.05, 0.1) is 16.3 Å². The van der Waals surface area contributed by atoms with E-state index in [0.29, 0.717) is 11.7 Å². The first-order chi connectivity index (χ1) is 8.93. The minimum absolute atomic E-state index is 0.0683. The standard InChI is InChI=1S/C13H21N3O2S/c1-2-10-5-3-4-8-16(10)13-7-6-11(9-12(13)14)19(15,17)18/h6-7,9-10H,2-5,8,14H2,1H3,(H2,15,17,18). The van der Waals surface area contributed by atoms with Crippen LogP contribution in [0.1, 0.15) is 32.6 Å². The quantitative estimate of drug-likeness (QED) is 0.826. The van der Waals surface area contributed by atoms with Crippen LogP contribution in [-0.4, -0.2) is 21.0 Å². The molecule has 2 rings (SSSR count). The number of anilines is 2. The SMILES string of the molecule is CCC1CCCCN1c1ccc(S(N)(=O)=O)cc1N. The lowest BCUT2D eigenvalue weighted by Crippen LogP contribution is -2.39. The number of hydrogen-bond donors (Lipinski definition) is 2. The van der Waals surface area contributed by atoms with E-state index in [1.807, 2.05) is 0 Å². The number of hydrogen-bond acceptors (Lipinski definition) is 4. The van der Waals surface area contributed by atoms with E-state index in [9.17, 15) is 8.42 Å². The number of rotatable bonds is 3. The van der Waals surface area contributed by atoms with Crippen LogP contribution < -0.4 is 15.8 Å². The first-order valence-corrected chi connectivity index (χ1v) is 8.17. The van der Waals surface area contributed by atoms with Crippen LogP contribution in [0.2, 0.25) is 0 Å². The predicted octanol–water partition coefficient (Wildman–Crippen LogP) is 1.69. The van der Waals surface area contributed by atoms with E-state index < -0.39 is 10.0 Å². The van der Waals surface area contributed by atoms with Crippen LogP contribution in [0.3, 0.4) is 0 Å². The van der Waals surface area contributed by atoms with E-state index in [1.54, 1.807) is 6.07 Å². The fourth-order valence-electron chi connectivity index (χ4n) is 2.71. The van der Waals surface area contributed by atoms with E-state index >= 15 is 0 Å². The van der Waals surface area contributed by atoms with Crippen molar-refractivity contribution in [2.45, 2.75) is 43.5 Å². The molecule has 0 radical (unpaired) electrons. The Bertz CT molecular complexity index is 557. The molecule has 106 valence electrons. The maximum absolute atomic E-state index is 11.3. The van der Waals surface area contributed by atoms with Crippen molar-refractivity contribution in [3.8, 4) is 0 Å². The third-order valence-electron chi connectivity index (χ3n) is 3.74. The zero-order valence-corrected chi connectivity index (χ0v) is 12.0. The van der Waals surface area contributed by atoms with Gasteiger partial charge in [-0.05, 0) is 43.9 Å². The normalized spacial score (nSPS) is 20.5. The van der Waals surface area contributed by atoms with Gasteiger partial charge in [0.15, 0.2) is 0 Å². The van der Waals surface area contributed by atoms with Crippen LogP contribution in [0, 0.1) is 0 Å². The molecule has 0 spiro atoms. The highest BCUT2D eigenvalue weighted by atomic mass is 32.2. The van der Waals surface area contributed by atoms with E-state index in [-0.39, 0.29) is 4.90 Å². The summed E-state index contributed by atoms with van der Waals surface area (Å²) in [5.74, 6) is 0. The lowest BCUT2D eigenvalue weighted by Gasteiger charge is -2.37. The number of nitrogens with two attached hydrogens (primary N) is 2. The Kier molecular flexibility index (Phi) is 4.01. The van der Waals surface area contributed by atoms with Crippen molar-refractivity contribution in [1.82, 2.24) is 0 Å². The van der Waals surface area contributed by atoms with Gasteiger partial charge >= 0.3 is 0 Å². The van der Waals surface area contributed by atoms with Gasteiger partial charge in [0.2, 0.25) is 10.0 Å². The molecule has 1 aromatic carbocycles. The summed E-state index contributed by atoms with van der Waals surface area (Å²) in [5.41, 5.74) is 7.40. The van der Waals surface area contributed by atoms with Crippen molar-refractivity contribution in [3.63, 3.8) is 0 Å². The molecular weight excluding hydrogens is 262 g/mol. The lowest BCUT2D eigenvalue weighted by atomic mass is 9.99. The van der Waals surface area contributed by atoms with Crippen LogP contribution in [0.4, 0.5) is 11.4 Å². The van der Waals surface area contributed by atoms with Crippen molar-refractivity contribution < 1.29 is 8.42 Å². The van der Waals surface area contributed by atoms with Gasteiger partial charge in [0.1, 0.15) is 0 Å². The molecule has 1 aliphatic rings. The van der Waals surface area contributed by atoms with E-state index in [0.717, 1.165) is 31.5 Å². The number of nitrogens with zero attached hydrogens (tertiary/aromatic N) is 1. The number of nitrogen functional groups attached to an aromatic ring is 1. The molecule has 1 saturated heterocycles. The number of piperidine rings is 1. The molecule has 1 heterocycles. The molecule has 0 bridgehead atoms. The highest BCUT2D eigenvalue weighted by Crippen LogP contribution is 2.32. The van der Waals surface area contributed by atoms with E-state index in [1.165, 1.54) is 18.6 Å². The van der Waals surface area contributed by atoms with Crippen LogP contribution in [0.5, 0.6) is 0 Å². The molecule has 0 amide bonds. The van der Waals surface area contributed by atoms with Gasteiger partial charge in [-0.2, -0.15) is 0 Å². The lowest BCUT2D eigenvalue weighted by molar-refractivity contribution is 0.450. The minimum atomic E-state index is -3.69. The Balaban J connectivity index is 2.35. The molecule has 0 saturated carbocycles. The van der Waals surface area contributed by atoms with Crippen LogP contribution in [0.15, 0.2) is 23.1 Å². The maximum atomic E-state index is 11.3. The fraction of sp³-hybridized carbons (Fsp3) is 0.538. The van der Waals surface area contributed by atoms with Crippen molar-refractivity contribution in [2.24, 2.45) is 5.14 Å². The van der Waals surface area contributed by atoms with Gasteiger partial charge < -0.3 is 10.6 Å². The van der Waals surface area contributed by atoms with Gasteiger partial charge in [-0.25, -0.2) is 13.6 Å². The van der Waals surface area contributed by atoms with Crippen molar-refractivity contribution in [1.29, 1.82) is 0 Å². The number of sulfonamides is 1. The van der Waals surface area contributed by atoms with Crippen molar-refractivity contribution in [3.05, 3.63) is 18.2 Å². The van der Waals surface area contributed by atoms with Crippen LogP contribution in [0.25, 0.3) is 0 Å². The average molecular weight is 283 g/mol. The molecule has 1 aliphatic heterocycles. The van der Waals surface area contributed by atoms with E-state index in [2.05, 4.69) is 11.8 Å². The fourth-order valence-corrected chi connectivity index (χ4v) is 3.26. The first kappa shape index (κ1) is 14.1. The third kappa shape index (κ3) is 3.01. The van der Waals surface area contributed by atoms with Crippen molar-refractivity contribution >= 4 is 21.4 Å². The van der Waals surface area contributed by atoms with Gasteiger partial charge in [-0.15, -0.1) is 0 Å². The van der Waals surface area contributed by atoms with Crippen molar-refractivity contribution in [2.75, 3.05) is 17.2 Å². The first-order valence-electron chi connectivity index (χ1n) is 6.62. The summed E-state index contributed by atoms with van der Waals surface area (Å²) < 4.78 is 22.6. The highest BCUT2D eigenvalue weighted by molar-refractivity contribution is 7.89. The second-order valence-electron chi connectivity index (χ2n) is 5.02. The summed E-state index contributed by atoms with van der Waals surface area (Å²) in [6, 6.07) is 5.23.